The number of sulfonamides is 1. The van der Waals surface area contributed by atoms with Crippen LogP contribution in [0.3, 0.4) is 0 Å². The second-order valence-corrected chi connectivity index (χ2v) is 8.19. The quantitative estimate of drug-likeness (QED) is 0.697. The van der Waals surface area contributed by atoms with E-state index in [4.69, 9.17) is 16.3 Å². The van der Waals surface area contributed by atoms with Crippen molar-refractivity contribution in [2.45, 2.75) is 13.0 Å². The number of benzene rings is 2. The SMILES string of the molecule is CC(Oc1ccc(Cl)cc1Br)C(=O)c1ccc(NS(C)(=O)=O)cc1. The summed E-state index contributed by atoms with van der Waals surface area (Å²) < 4.78 is 31.0. The first-order valence-electron chi connectivity index (χ1n) is 6.89. The molecule has 0 aromatic heterocycles. The van der Waals surface area contributed by atoms with E-state index in [-0.39, 0.29) is 5.78 Å². The van der Waals surface area contributed by atoms with Gasteiger partial charge in [0.1, 0.15) is 5.75 Å². The first-order chi connectivity index (χ1) is 11.2. The molecule has 2 rings (SSSR count). The minimum atomic E-state index is -3.35. The van der Waals surface area contributed by atoms with Crippen molar-refractivity contribution < 1.29 is 17.9 Å². The number of Topliss-reactive ketones (excluding diaryl/α,β-unsaturated/α-hetero) is 1. The molecular weight excluding hydrogens is 418 g/mol. The van der Waals surface area contributed by atoms with E-state index in [0.29, 0.717) is 26.5 Å². The summed E-state index contributed by atoms with van der Waals surface area (Å²) in [5.41, 5.74) is 0.815. The first-order valence-corrected chi connectivity index (χ1v) is 9.96. The fourth-order valence-electron chi connectivity index (χ4n) is 1.97. The predicted octanol–water partition coefficient (Wildman–Crippen LogP) is 4.12. The molecule has 2 aromatic rings. The summed E-state index contributed by atoms with van der Waals surface area (Å²) in [6.07, 6.45) is 0.350. The summed E-state index contributed by atoms with van der Waals surface area (Å²) in [6.45, 7) is 1.64. The molecule has 128 valence electrons. The van der Waals surface area contributed by atoms with Gasteiger partial charge in [-0.1, -0.05) is 11.6 Å². The molecular formula is C16H15BrClNO4S. The van der Waals surface area contributed by atoms with Gasteiger partial charge in [0, 0.05) is 16.3 Å². The highest BCUT2D eigenvalue weighted by Gasteiger charge is 2.18. The number of halogens is 2. The van der Waals surface area contributed by atoms with Gasteiger partial charge in [0.15, 0.2) is 6.10 Å². The molecule has 0 aliphatic carbocycles. The number of rotatable bonds is 6. The molecule has 0 bridgehead atoms. The van der Waals surface area contributed by atoms with Crippen LogP contribution < -0.4 is 9.46 Å². The minimum Gasteiger partial charge on any atom is -0.481 e. The Balaban J connectivity index is 2.10. The van der Waals surface area contributed by atoms with Crippen molar-refractivity contribution in [2.24, 2.45) is 0 Å². The Labute approximate surface area is 154 Å². The highest BCUT2D eigenvalue weighted by atomic mass is 79.9. The van der Waals surface area contributed by atoms with Crippen molar-refractivity contribution in [1.82, 2.24) is 0 Å². The lowest BCUT2D eigenvalue weighted by molar-refractivity contribution is 0.0817. The number of anilines is 1. The van der Waals surface area contributed by atoms with Gasteiger partial charge in [-0.25, -0.2) is 8.42 Å². The molecule has 0 aliphatic heterocycles. The van der Waals surface area contributed by atoms with E-state index in [9.17, 15) is 13.2 Å². The molecule has 0 aliphatic rings. The molecule has 0 radical (unpaired) electrons. The van der Waals surface area contributed by atoms with E-state index in [0.717, 1.165) is 6.26 Å². The maximum Gasteiger partial charge on any atom is 0.229 e. The largest absolute Gasteiger partial charge is 0.481 e. The average molecular weight is 433 g/mol. The van der Waals surface area contributed by atoms with E-state index in [1.807, 2.05) is 0 Å². The van der Waals surface area contributed by atoms with Crippen molar-refractivity contribution in [1.29, 1.82) is 0 Å². The first kappa shape index (κ1) is 18.8. The maximum atomic E-state index is 12.4. The zero-order valence-electron chi connectivity index (χ0n) is 12.9. The van der Waals surface area contributed by atoms with Crippen LogP contribution in [-0.2, 0) is 10.0 Å². The van der Waals surface area contributed by atoms with Gasteiger partial charge >= 0.3 is 0 Å². The average Bonchev–Trinajstić information content (AvgIpc) is 2.48. The number of nitrogens with one attached hydrogen (secondary N) is 1. The van der Waals surface area contributed by atoms with Gasteiger partial charge in [0.25, 0.3) is 0 Å². The molecule has 8 heteroatoms. The zero-order chi connectivity index (χ0) is 17.9. The Bertz CT molecular complexity index is 853. The predicted molar refractivity (Wildman–Crippen MR) is 98.5 cm³/mol. The van der Waals surface area contributed by atoms with E-state index in [1.165, 1.54) is 12.1 Å². The zero-order valence-corrected chi connectivity index (χ0v) is 16.1. The third-order valence-corrected chi connectivity index (χ3v) is 4.50. The van der Waals surface area contributed by atoms with Crippen LogP contribution in [0.15, 0.2) is 46.9 Å². The third kappa shape index (κ3) is 5.22. The second kappa shape index (κ2) is 7.55. The van der Waals surface area contributed by atoms with Gasteiger partial charge in [-0.05, 0) is 65.3 Å². The minimum absolute atomic E-state index is 0.220. The van der Waals surface area contributed by atoms with E-state index in [1.54, 1.807) is 37.3 Å². The molecule has 0 spiro atoms. The lowest BCUT2D eigenvalue weighted by Crippen LogP contribution is -2.24. The Morgan fingerprint density at radius 1 is 1.21 bits per heavy atom. The summed E-state index contributed by atoms with van der Waals surface area (Å²) in [5, 5.41) is 0.558. The Hall–Kier alpha value is -1.57. The molecule has 1 N–H and O–H groups in total. The number of ether oxygens (including phenoxy) is 1. The summed E-state index contributed by atoms with van der Waals surface area (Å²) >= 11 is 9.20. The van der Waals surface area contributed by atoms with Crippen molar-refractivity contribution in [2.75, 3.05) is 11.0 Å². The highest BCUT2D eigenvalue weighted by molar-refractivity contribution is 9.10. The van der Waals surface area contributed by atoms with Gasteiger partial charge in [-0.3, -0.25) is 9.52 Å². The molecule has 1 atom stereocenters. The Kier molecular flexibility index (Phi) is 5.90. The van der Waals surface area contributed by atoms with Gasteiger partial charge in [-0.15, -0.1) is 0 Å². The maximum absolute atomic E-state index is 12.4. The number of carbonyl (C=O) groups is 1. The monoisotopic (exact) mass is 431 g/mol. The summed E-state index contributed by atoms with van der Waals surface area (Å²) in [6, 6.07) is 11.2. The summed E-state index contributed by atoms with van der Waals surface area (Å²) in [7, 11) is -3.35. The van der Waals surface area contributed by atoms with E-state index >= 15 is 0 Å². The Morgan fingerprint density at radius 2 is 1.83 bits per heavy atom. The van der Waals surface area contributed by atoms with Crippen molar-refractivity contribution >= 4 is 49.0 Å². The highest BCUT2D eigenvalue weighted by Crippen LogP contribution is 2.29. The van der Waals surface area contributed by atoms with Gasteiger partial charge in [0.2, 0.25) is 15.8 Å². The molecule has 5 nitrogen and oxygen atoms in total. The van der Waals surface area contributed by atoms with Crippen LogP contribution in [0.5, 0.6) is 5.75 Å². The number of ketones is 1. The lowest BCUT2D eigenvalue weighted by atomic mass is 10.1. The lowest BCUT2D eigenvalue weighted by Gasteiger charge is -2.15. The third-order valence-electron chi connectivity index (χ3n) is 3.04. The molecule has 2 aromatic carbocycles. The molecule has 0 saturated carbocycles. The van der Waals surface area contributed by atoms with Crippen LogP contribution in [-0.4, -0.2) is 26.6 Å². The van der Waals surface area contributed by atoms with Crippen LogP contribution in [0.1, 0.15) is 17.3 Å². The van der Waals surface area contributed by atoms with Crippen LogP contribution >= 0.6 is 27.5 Å². The van der Waals surface area contributed by atoms with E-state index in [2.05, 4.69) is 20.7 Å². The molecule has 0 fully saturated rings. The van der Waals surface area contributed by atoms with Crippen LogP contribution in [0.2, 0.25) is 5.02 Å². The topological polar surface area (TPSA) is 72.5 Å². The molecule has 0 heterocycles. The second-order valence-electron chi connectivity index (χ2n) is 5.15. The van der Waals surface area contributed by atoms with Crippen LogP contribution in [0.4, 0.5) is 5.69 Å². The smallest absolute Gasteiger partial charge is 0.229 e. The number of hydrogen-bond acceptors (Lipinski definition) is 4. The fraction of sp³-hybridized carbons (Fsp3) is 0.188. The van der Waals surface area contributed by atoms with E-state index < -0.39 is 16.1 Å². The number of hydrogen-bond donors (Lipinski definition) is 1. The van der Waals surface area contributed by atoms with Gasteiger partial charge < -0.3 is 4.74 Å². The summed E-state index contributed by atoms with van der Waals surface area (Å²) in [4.78, 5) is 12.4. The van der Waals surface area contributed by atoms with Crippen molar-refractivity contribution in [3.8, 4) is 5.75 Å². The fourth-order valence-corrected chi connectivity index (χ4v) is 3.31. The molecule has 0 saturated heterocycles. The molecule has 0 amide bonds. The Morgan fingerprint density at radius 3 is 2.38 bits per heavy atom. The van der Waals surface area contributed by atoms with Crippen molar-refractivity contribution in [3.05, 3.63) is 57.5 Å². The van der Waals surface area contributed by atoms with Gasteiger partial charge in [0.05, 0.1) is 10.7 Å². The van der Waals surface area contributed by atoms with Crippen LogP contribution in [0.25, 0.3) is 0 Å². The van der Waals surface area contributed by atoms with Gasteiger partial charge in [-0.2, -0.15) is 0 Å². The standard InChI is InChI=1S/C16H15BrClNO4S/c1-10(23-15-8-5-12(18)9-14(15)17)16(20)11-3-6-13(7-4-11)19-24(2,21)22/h3-10,19H,1-2H3. The molecule has 1 unspecified atom stereocenters. The molecule has 24 heavy (non-hydrogen) atoms. The summed E-state index contributed by atoms with van der Waals surface area (Å²) in [5.74, 6) is 0.290. The van der Waals surface area contributed by atoms with Crippen molar-refractivity contribution in [3.63, 3.8) is 0 Å². The number of carbonyl (C=O) groups excluding carboxylic acids is 1. The van der Waals surface area contributed by atoms with Crippen LogP contribution in [0, 0.1) is 0 Å². The normalized spacial score (nSPS) is 12.5.